The monoisotopic (exact) mass is 441 g/mol. The molecule has 1 N–H and O–H groups in total. The molecule has 0 saturated heterocycles. The molecule has 0 radical (unpaired) electrons. The molecule has 0 saturated carbocycles. The Morgan fingerprint density at radius 3 is 2.44 bits per heavy atom. The van der Waals surface area contributed by atoms with Crippen LogP contribution in [0.15, 0.2) is 57.5 Å². The maximum absolute atomic E-state index is 12.1. The summed E-state index contributed by atoms with van der Waals surface area (Å²) in [4.78, 5) is 4.18. The van der Waals surface area contributed by atoms with Gasteiger partial charge in [-0.2, -0.15) is 4.98 Å². The number of halogens is 2. The van der Waals surface area contributed by atoms with Gasteiger partial charge in [0, 0.05) is 15.1 Å². The van der Waals surface area contributed by atoms with Crippen LogP contribution in [0.25, 0.3) is 11.4 Å². The van der Waals surface area contributed by atoms with Crippen molar-refractivity contribution in [2.24, 2.45) is 0 Å². The van der Waals surface area contributed by atoms with Crippen LogP contribution in [0.3, 0.4) is 0 Å². The molecule has 0 atom stereocenters. The number of rotatable bonds is 6. The van der Waals surface area contributed by atoms with Crippen LogP contribution in [0.2, 0.25) is 5.02 Å². The summed E-state index contributed by atoms with van der Waals surface area (Å²) in [7, 11) is -3.52. The Morgan fingerprint density at radius 2 is 1.76 bits per heavy atom. The number of sulfonamides is 1. The average Bonchev–Trinajstić information content (AvgIpc) is 3.05. The molecule has 0 amide bonds. The molecule has 1 heterocycles. The van der Waals surface area contributed by atoms with Gasteiger partial charge in [0.25, 0.3) is 0 Å². The second-order valence-corrected chi connectivity index (χ2v) is 8.38. The third-order valence-electron chi connectivity index (χ3n) is 3.28. The molecule has 25 heavy (non-hydrogen) atoms. The molecule has 6 nitrogen and oxygen atoms in total. The first kappa shape index (κ1) is 18.1. The zero-order valence-electron chi connectivity index (χ0n) is 12.8. The predicted molar refractivity (Wildman–Crippen MR) is 98.3 cm³/mol. The lowest BCUT2D eigenvalue weighted by Crippen LogP contribution is -2.24. The van der Waals surface area contributed by atoms with Crippen LogP contribution < -0.4 is 4.72 Å². The average molecular weight is 443 g/mol. The Bertz CT molecular complexity index is 957. The fraction of sp³-hybridized carbons (Fsp3) is 0.125. The van der Waals surface area contributed by atoms with Crippen LogP contribution in [0.1, 0.15) is 11.5 Å². The minimum absolute atomic E-state index is 0.0700. The molecule has 0 unspecified atom stereocenters. The maximum atomic E-state index is 12.1. The molecule has 2 aromatic carbocycles. The van der Waals surface area contributed by atoms with Gasteiger partial charge in [0.15, 0.2) is 0 Å². The number of nitrogens with zero attached hydrogens (tertiary/aromatic N) is 2. The quantitative estimate of drug-likeness (QED) is 0.628. The molecule has 0 fully saturated rings. The van der Waals surface area contributed by atoms with E-state index in [-0.39, 0.29) is 18.2 Å². The Kier molecular flexibility index (Phi) is 5.53. The Hall–Kier alpha value is -1.74. The standard InChI is InChI=1S/C16H13BrClN3O3S/c17-13-5-1-11(2-6-13)10-25(22,23)19-9-15-20-16(21-24-15)12-3-7-14(18)8-4-12/h1-8,19H,9-10H2. The summed E-state index contributed by atoms with van der Waals surface area (Å²) in [5.41, 5.74) is 1.42. The lowest BCUT2D eigenvalue weighted by molar-refractivity contribution is 0.376. The molecule has 0 bridgehead atoms. The first-order chi connectivity index (χ1) is 11.9. The van der Waals surface area contributed by atoms with Crippen LogP contribution >= 0.6 is 27.5 Å². The second-order valence-electron chi connectivity index (χ2n) is 5.23. The van der Waals surface area contributed by atoms with Crippen LogP contribution in [0.5, 0.6) is 0 Å². The normalized spacial score (nSPS) is 11.6. The molecule has 0 aliphatic carbocycles. The van der Waals surface area contributed by atoms with E-state index in [1.54, 1.807) is 48.5 Å². The Balaban J connectivity index is 1.63. The SMILES string of the molecule is O=S(=O)(Cc1ccc(Br)cc1)NCc1nc(-c2ccc(Cl)cc2)no1. The van der Waals surface area contributed by atoms with Crippen LogP contribution in [-0.4, -0.2) is 18.6 Å². The minimum Gasteiger partial charge on any atom is -0.338 e. The number of nitrogens with one attached hydrogen (secondary N) is 1. The van der Waals surface area contributed by atoms with E-state index < -0.39 is 10.0 Å². The molecular formula is C16H13BrClN3O3S. The highest BCUT2D eigenvalue weighted by atomic mass is 79.9. The fourth-order valence-electron chi connectivity index (χ4n) is 2.07. The number of benzene rings is 2. The first-order valence-electron chi connectivity index (χ1n) is 7.22. The van der Waals surface area contributed by atoms with Gasteiger partial charge in [-0.3, -0.25) is 0 Å². The van der Waals surface area contributed by atoms with Gasteiger partial charge in [-0.05, 0) is 42.0 Å². The molecule has 9 heteroatoms. The number of hydrogen-bond acceptors (Lipinski definition) is 5. The van der Waals surface area contributed by atoms with Gasteiger partial charge in [-0.25, -0.2) is 13.1 Å². The van der Waals surface area contributed by atoms with E-state index in [9.17, 15) is 8.42 Å². The molecule has 0 aliphatic rings. The number of hydrogen-bond donors (Lipinski definition) is 1. The molecule has 3 rings (SSSR count). The van der Waals surface area contributed by atoms with Gasteiger partial charge in [0.05, 0.1) is 12.3 Å². The Morgan fingerprint density at radius 1 is 1.08 bits per heavy atom. The molecule has 130 valence electrons. The summed E-state index contributed by atoms with van der Waals surface area (Å²) >= 11 is 9.15. The van der Waals surface area contributed by atoms with E-state index in [0.717, 1.165) is 10.0 Å². The second kappa shape index (κ2) is 7.65. The van der Waals surface area contributed by atoms with Crippen molar-refractivity contribution in [3.63, 3.8) is 0 Å². The van der Waals surface area contributed by atoms with E-state index in [0.29, 0.717) is 16.4 Å². The first-order valence-corrected chi connectivity index (χ1v) is 10.0. The van der Waals surface area contributed by atoms with Crippen LogP contribution in [0.4, 0.5) is 0 Å². The van der Waals surface area contributed by atoms with Crippen molar-refractivity contribution in [1.29, 1.82) is 0 Å². The van der Waals surface area contributed by atoms with Gasteiger partial charge in [-0.1, -0.05) is 44.8 Å². The van der Waals surface area contributed by atoms with E-state index in [2.05, 4.69) is 30.8 Å². The predicted octanol–water partition coefficient (Wildman–Crippen LogP) is 3.77. The highest BCUT2D eigenvalue weighted by Crippen LogP contribution is 2.18. The maximum Gasteiger partial charge on any atom is 0.242 e. The molecule has 1 aromatic heterocycles. The number of aromatic nitrogens is 2. The highest BCUT2D eigenvalue weighted by Gasteiger charge is 2.15. The van der Waals surface area contributed by atoms with Gasteiger partial charge < -0.3 is 4.52 Å². The van der Waals surface area contributed by atoms with E-state index in [1.807, 2.05) is 0 Å². The van der Waals surface area contributed by atoms with E-state index in [1.165, 1.54) is 0 Å². The van der Waals surface area contributed by atoms with Gasteiger partial charge in [-0.15, -0.1) is 0 Å². The van der Waals surface area contributed by atoms with Crippen molar-refractivity contribution in [3.8, 4) is 11.4 Å². The van der Waals surface area contributed by atoms with Crippen molar-refractivity contribution in [3.05, 3.63) is 69.5 Å². The van der Waals surface area contributed by atoms with Crippen molar-refractivity contribution >= 4 is 37.6 Å². The summed E-state index contributed by atoms with van der Waals surface area (Å²) in [6, 6.07) is 14.0. The lowest BCUT2D eigenvalue weighted by atomic mass is 10.2. The van der Waals surface area contributed by atoms with Crippen molar-refractivity contribution < 1.29 is 12.9 Å². The van der Waals surface area contributed by atoms with Crippen molar-refractivity contribution in [2.45, 2.75) is 12.3 Å². The topological polar surface area (TPSA) is 85.1 Å². The molecule has 0 aliphatic heterocycles. The van der Waals surface area contributed by atoms with Gasteiger partial charge in [0.2, 0.25) is 21.7 Å². The summed E-state index contributed by atoms with van der Waals surface area (Å²) in [5.74, 6) is 0.432. The zero-order chi connectivity index (χ0) is 17.9. The smallest absolute Gasteiger partial charge is 0.242 e. The van der Waals surface area contributed by atoms with Gasteiger partial charge in [0.1, 0.15) is 0 Å². The molecule has 0 spiro atoms. The van der Waals surface area contributed by atoms with Crippen LogP contribution in [-0.2, 0) is 22.3 Å². The molecule has 3 aromatic rings. The third kappa shape index (κ3) is 5.12. The lowest BCUT2D eigenvalue weighted by Gasteiger charge is -2.04. The summed E-state index contributed by atoms with van der Waals surface area (Å²) in [5, 5.41) is 4.45. The van der Waals surface area contributed by atoms with E-state index >= 15 is 0 Å². The van der Waals surface area contributed by atoms with Gasteiger partial charge >= 0.3 is 0 Å². The molecular weight excluding hydrogens is 430 g/mol. The minimum atomic E-state index is -3.52. The highest BCUT2D eigenvalue weighted by molar-refractivity contribution is 9.10. The fourth-order valence-corrected chi connectivity index (χ4v) is 3.53. The van der Waals surface area contributed by atoms with Crippen LogP contribution in [0, 0.1) is 0 Å². The summed E-state index contributed by atoms with van der Waals surface area (Å²) < 4.78 is 32.7. The summed E-state index contributed by atoms with van der Waals surface area (Å²) in [6.07, 6.45) is 0. The van der Waals surface area contributed by atoms with Crippen molar-refractivity contribution in [1.82, 2.24) is 14.9 Å². The Labute approximate surface area is 158 Å². The largest absolute Gasteiger partial charge is 0.338 e. The van der Waals surface area contributed by atoms with E-state index in [4.69, 9.17) is 16.1 Å². The zero-order valence-corrected chi connectivity index (χ0v) is 16.0. The van der Waals surface area contributed by atoms with Crippen molar-refractivity contribution in [2.75, 3.05) is 0 Å². The summed E-state index contributed by atoms with van der Waals surface area (Å²) in [6.45, 7) is -0.0700. The third-order valence-corrected chi connectivity index (χ3v) is 5.36.